The van der Waals surface area contributed by atoms with Crippen LogP contribution in [0, 0.1) is 13.8 Å². The fourth-order valence-corrected chi connectivity index (χ4v) is 5.70. The summed E-state index contributed by atoms with van der Waals surface area (Å²) >= 11 is 0. The molecular formula is C26H34N2O. The first-order valence-electron chi connectivity index (χ1n) is 11.2. The minimum Gasteiger partial charge on any atom is -0.485 e. The number of benzene rings is 2. The van der Waals surface area contributed by atoms with Crippen LogP contribution in [0.1, 0.15) is 54.2 Å². The lowest BCUT2D eigenvalue weighted by Gasteiger charge is -2.31. The second kappa shape index (κ2) is 6.50. The molecule has 0 spiro atoms. The largest absolute Gasteiger partial charge is 0.485 e. The first-order chi connectivity index (χ1) is 13.7. The summed E-state index contributed by atoms with van der Waals surface area (Å²) in [5.74, 6) is 1.17. The van der Waals surface area contributed by atoms with Crippen molar-refractivity contribution in [1.82, 2.24) is 4.90 Å². The smallest absolute Gasteiger partial charge is 0.127 e. The summed E-state index contributed by atoms with van der Waals surface area (Å²) in [4.78, 5) is 2.62. The number of ether oxygens (including phenoxy) is 1. The summed E-state index contributed by atoms with van der Waals surface area (Å²) in [7, 11) is 0. The van der Waals surface area contributed by atoms with Crippen LogP contribution in [0.3, 0.4) is 0 Å². The molecule has 3 heteroatoms. The molecule has 154 valence electrons. The van der Waals surface area contributed by atoms with Crippen molar-refractivity contribution in [3.05, 3.63) is 57.6 Å². The van der Waals surface area contributed by atoms with Crippen LogP contribution >= 0.6 is 0 Å². The Morgan fingerprint density at radius 2 is 1.59 bits per heavy atom. The number of hydrogen-bond donors (Lipinski definition) is 1. The third-order valence-electron chi connectivity index (χ3n) is 7.27. The zero-order chi connectivity index (χ0) is 20.4. The standard InChI is InChI=1S/C26H34N2O/c1-17-18(2)24-22(21-14-25(3,4)27-23(17)21)15-26(5,29-24)16-28-12-10-19-8-6-7-9-20(19)11-13-28/h6-9,27H,10-16H2,1-5H3. The van der Waals surface area contributed by atoms with Crippen LogP contribution in [0.15, 0.2) is 24.3 Å². The first kappa shape index (κ1) is 19.0. The average Bonchev–Trinajstić information content (AvgIpc) is 3.11. The Bertz CT molecular complexity index is 950. The molecule has 2 aromatic carbocycles. The number of nitrogens with one attached hydrogen (secondary N) is 1. The monoisotopic (exact) mass is 390 g/mol. The predicted molar refractivity (Wildman–Crippen MR) is 120 cm³/mol. The maximum absolute atomic E-state index is 6.75. The van der Waals surface area contributed by atoms with Gasteiger partial charge in [-0.05, 0) is 81.7 Å². The molecule has 1 N–H and O–H groups in total. The Labute approximate surface area is 175 Å². The van der Waals surface area contributed by atoms with Gasteiger partial charge < -0.3 is 10.1 Å². The van der Waals surface area contributed by atoms with Gasteiger partial charge in [0.1, 0.15) is 11.4 Å². The number of fused-ring (bicyclic) bond motifs is 4. The van der Waals surface area contributed by atoms with Crippen molar-refractivity contribution in [3.63, 3.8) is 0 Å². The van der Waals surface area contributed by atoms with Gasteiger partial charge in [-0.15, -0.1) is 0 Å². The van der Waals surface area contributed by atoms with E-state index in [1.807, 2.05) is 0 Å². The van der Waals surface area contributed by atoms with Crippen molar-refractivity contribution in [2.75, 3.05) is 25.0 Å². The van der Waals surface area contributed by atoms with E-state index in [9.17, 15) is 0 Å². The van der Waals surface area contributed by atoms with Gasteiger partial charge in [-0.2, -0.15) is 0 Å². The lowest BCUT2D eigenvalue weighted by Crippen LogP contribution is -2.45. The summed E-state index contributed by atoms with van der Waals surface area (Å²) in [5.41, 5.74) is 10.0. The number of anilines is 1. The van der Waals surface area contributed by atoms with Crippen LogP contribution in [0.5, 0.6) is 5.75 Å². The Kier molecular flexibility index (Phi) is 4.26. The number of rotatable bonds is 2. The lowest BCUT2D eigenvalue weighted by atomic mass is 9.89. The van der Waals surface area contributed by atoms with Crippen molar-refractivity contribution >= 4 is 5.69 Å². The molecule has 0 saturated carbocycles. The third-order valence-corrected chi connectivity index (χ3v) is 7.27. The van der Waals surface area contributed by atoms with E-state index in [-0.39, 0.29) is 11.1 Å². The van der Waals surface area contributed by atoms with E-state index in [1.165, 1.54) is 44.8 Å². The van der Waals surface area contributed by atoms with Crippen molar-refractivity contribution < 1.29 is 4.74 Å². The highest BCUT2D eigenvalue weighted by molar-refractivity contribution is 5.73. The van der Waals surface area contributed by atoms with Crippen LogP contribution in [-0.4, -0.2) is 35.7 Å². The normalized spacial score (nSPS) is 24.9. The lowest BCUT2D eigenvalue weighted by molar-refractivity contribution is 0.0644. The zero-order valence-corrected chi connectivity index (χ0v) is 18.6. The molecule has 3 heterocycles. The molecule has 0 saturated heterocycles. The highest BCUT2D eigenvalue weighted by Gasteiger charge is 2.43. The minimum atomic E-state index is -0.141. The fraction of sp³-hybridized carbons (Fsp3) is 0.538. The third kappa shape index (κ3) is 3.24. The molecule has 0 radical (unpaired) electrons. The van der Waals surface area contributed by atoms with Gasteiger partial charge in [0.15, 0.2) is 0 Å². The van der Waals surface area contributed by atoms with Gasteiger partial charge in [-0.1, -0.05) is 24.3 Å². The molecule has 0 aliphatic carbocycles. The Morgan fingerprint density at radius 1 is 0.931 bits per heavy atom. The molecule has 1 unspecified atom stereocenters. The second-order valence-corrected chi connectivity index (χ2v) is 10.4. The highest BCUT2D eigenvalue weighted by atomic mass is 16.5. The fourth-order valence-electron chi connectivity index (χ4n) is 5.70. The molecule has 1 atom stereocenters. The van der Waals surface area contributed by atoms with Gasteiger partial charge in [-0.3, -0.25) is 4.90 Å². The number of nitrogens with zero attached hydrogens (tertiary/aromatic N) is 1. The predicted octanol–water partition coefficient (Wildman–Crippen LogP) is 4.84. The molecule has 0 bridgehead atoms. The Hall–Kier alpha value is -2.00. The van der Waals surface area contributed by atoms with Gasteiger partial charge >= 0.3 is 0 Å². The van der Waals surface area contributed by atoms with E-state index in [0.29, 0.717) is 0 Å². The van der Waals surface area contributed by atoms with E-state index < -0.39 is 0 Å². The van der Waals surface area contributed by atoms with E-state index in [0.717, 1.165) is 45.3 Å². The first-order valence-corrected chi connectivity index (χ1v) is 11.2. The van der Waals surface area contributed by atoms with Gasteiger partial charge in [0.25, 0.3) is 0 Å². The van der Waals surface area contributed by atoms with Crippen LogP contribution in [0.4, 0.5) is 5.69 Å². The van der Waals surface area contributed by atoms with E-state index in [1.54, 1.807) is 0 Å². The summed E-state index contributed by atoms with van der Waals surface area (Å²) in [6.07, 6.45) is 4.40. The zero-order valence-electron chi connectivity index (χ0n) is 18.6. The van der Waals surface area contributed by atoms with E-state index in [4.69, 9.17) is 4.74 Å². The summed E-state index contributed by atoms with van der Waals surface area (Å²) in [5, 5.41) is 3.77. The molecule has 3 aliphatic heterocycles. The van der Waals surface area contributed by atoms with Crippen molar-refractivity contribution in [2.45, 2.75) is 71.4 Å². The van der Waals surface area contributed by atoms with Crippen LogP contribution in [-0.2, 0) is 25.7 Å². The Balaban J connectivity index is 1.39. The molecule has 2 aromatic rings. The summed E-state index contributed by atoms with van der Waals surface area (Å²) < 4.78 is 6.75. The maximum Gasteiger partial charge on any atom is 0.127 e. The molecule has 5 rings (SSSR count). The molecule has 3 aliphatic rings. The second-order valence-electron chi connectivity index (χ2n) is 10.4. The van der Waals surface area contributed by atoms with E-state index in [2.05, 4.69) is 69.1 Å². The minimum absolute atomic E-state index is 0.129. The molecule has 0 fully saturated rings. The SMILES string of the molecule is Cc1c(C)c2c(c3c1NC(C)(C)C3)CC(C)(CN1CCc3ccccc3CC1)O2. The average molecular weight is 391 g/mol. The molecule has 0 aromatic heterocycles. The molecule has 29 heavy (non-hydrogen) atoms. The Morgan fingerprint density at radius 3 is 2.24 bits per heavy atom. The summed E-state index contributed by atoms with van der Waals surface area (Å²) in [6.45, 7) is 14.6. The molecule has 3 nitrogen and oxygen atoms in total. The van der Waals surface area contributed by atoms with Gasteiger partial charge in [0.2, 0.25) is 0 Å². The van der Waals surface area contributed by atoms with Crippen LogP contribution in [0.25, 0.3) is 0 Å². The van der Waals surface area contributed by atoms with Gasteiger partial charge in [0.05, 0.1) is 0 Å². The van der Waals surface area contributed by atoms with Crippen molar-refractivity contribution in [3.8, 4) is 5.75 Å². The van der Waals surface area contributed by atoms with E-state index >= 15 is 0 Å². The number of hydrogen-bond acceptors (Lipinski definition) is 3. The highest BCUT2D eigenvalue weighted by Crippen LogP contribution is 2.49. The molecular weight excluding hydrogens is 356 g/mol. The van der Waals surface area contributed by atoms with Gasteiger partial charge in [0, 0.05) is 42.8 Å². The van der Waals surface area contributed by atoms with Crippen LogP contribution < -0.4 is 10.1 Å². The van der Waals surface area contributed by atoms with Crippen molar-refractivity contribution in [1.29, 1.82) is 0 Å². The van der Waals surface area contributed by atoms with Crippen LogP contribution in [0.2, 0.25) is 0 Å². The topological polar surface area (TPSA) is 24.5 Å². The maximum atomic E-state index is 6.75. The van der Waals surface area contributed by atoms with Crippen molar-refractivity contribution in [2.24, 2.45) is 0 Å². The summed E-state index contributed by atoms with van der Waals surface area (Å²) in [6, 6.07) is 8.95. The molecule has 0 amide bonds. The van der Waals surface area contributed by atoms with Gasteiger partial charge in [-0.25, -0.2) is 0 Å². The quantitative estimate of drug-likeness (QED) is 0.794.